The van der Waals surface area contributed by atoms with E-state index < -0.39 is 14.9 Å². The zero-order valence-electron chi connectivity index (χ0n) is 19.5. The van der Waals surface area contributed by atoms with Gasteiger partial charge in [0.25, 0.3) is 11.6 Å². The number of ether oxygens (including phenoxy) is 2. The first-order valence-corrected chi connectivity index (χ1v) is 12.9. The van der Waals surface area contributed by atoms with Crippen LogP contribution in [0.4, 0.5) is 11.4 Å². The number of nitro benzene ring substituents is 1. The van der Waals surface area contributed by atoms with Crippen LogP contribution in [0.2, 0.25) is 5.02 Å². The second-order valence-electron chi connectivity index (χ2n) is 7.61. The Labute approximate surface area is 213 Å². The number of anilines is 1. The standard InChI is InChI=1S/C24H24ClN3O7S/c1-34-22-5-3-4-6-23(22)35-14-13-26-24(29)18-9-7-17(8-10-18)16-27(36(2,32)33)21-15-19(28(30)31)11-12-20(21)25/h3-12,15H,13-14,16H2,1-2H3,(H,26,29). The van der Waals surface area contributed by atoms with Crippen LogP contribution in [0.25, 0.3) is 0 Å². The fraction of sp³-hybridized carbons (Fsp3) is 0.208. The summed E-state index contributed by atoms with van der Waals surface area (Å²) in [7, 11) is -2.28. The molecule has 3 rings (SSSR count). The monoisotopic (exact) mass is 533 g/mol. The Kier molecular flexibility index (Phi) is 8.73. The van der Waals surface area contributed by atoms with Crippen molar-refractivity contribution in [2.45, 2.75) is 6.54 Å². The van der Waals surface area contributed by atoms with Crippen LogP contribution in [-0.4, -0.2) is 45.8 Å². The molecule has 0 heterocycles. The summed E-state index contributed by atoms with van der Waals surface area (Å²) in [6, 6.07) is 17.1. The van der Waals surface area contributed by atoms with Gasteiger partial charge in [0.15, 0.2) is 11.5 Å². The van der Waals surface area contributed by atoms with Crippen LogP contribution in [0.5, 0.6) is 11.5 Å². The summed E-state index contributed by atoms with van der Waals surface area (Å²) in [6.45, 7) is 0.359. The van der Waals surface area contributed by atoms with E-state index in [1.54, 1.807) is 43.5 Å². The van der Waals surface area contributed by atoms with Crippen LogP contribution in [0, 0.1) is 10.1 Å². The predicted octanol–water partition coefficient (Wildman–Crippen LogP) is 4.03. The molecule has 0 unspecified atom stereocenters. The van der Waals surface area contributed by atoms with Gasteiger partial charge in [0.05, 0.1) is 42.1 Å². The molecule has 0 aliphatic rings. The molecule has 0 fully saturated rings. The molecule has 0 atom stereocenters. The van der Waals surface area contributed by atoms with E-state index in [0.29, 0.717) is 22.6 Å². The van der Waals surface area contributed by atoms with Crippen molar-refractivity contribution < 1.29 is 27.6 Å². The third-order valence-corrected chi connectivity index (χ3v) is 6.51. The minimum absolute atomic E-state index is 0.00904. The van der Waals surface area contributed by atoms with Crippen LogP contribution in [-0.2, 0) is 16.6 Å². The summed E-state index contributed by atoms with van der Waals surface area (Å²) < 4.78 is 36.7. The van der Waals surface area contributed by atoms with Crippen LogP contribution >= 0.6 is 11.6 Å². The summed E-state index contributed by atoms with van der Waals surface area (Å²) >= 11 is 6.15. The highest BCUT2D eigenvalue weighted by Crippen LogP contribution is 2.32. The first kappa shape index (κ1) is 26.8. The first-order valence-electron chi connectivity index (χ1n) is 10.6. The number of benzene rings is 3. The second kappa shape index (κ2) is 11.7. The normalized spacial score (nSPS) is 11.0. The van der Waals surface area contributed by atoms with Crippen LogP contribution in [0.1, 0.15) is 15.9 Å². The molecule has 0 aliphatic heterocycles. The Morgan fingerprint density at radius 3 is 2.36 bits per heavy atom. The van der Waals surface area contributed by atoms with Crippen molar-refractivity contribution in [3.05, 3.63) is 93.0 Å². The van der Waals surface area contributed by atoms with Gasteiger partial charge in [-0.25, -0.2) is 8.42 Å². The summed E-state index contributed by atoms with van der Waals surface area (Å²) in [5, 5.41) is 13.9. The Hall–Kier alpha value is -3.83. The average molecular weight is 534 g/mol. The molecule has 0 spiro atoms. The lowest BCUT2D eigenvalue weighted by Crippen LogP contribution is -2.30. The molecule has 0 radical (unpaired) electrons. The first-order chi connectivity index (χ1) is 17.1. The Balaban J connectivity index is 1.65. The summed E-state index contributed by atoms with van der Waals surface area (Å²) in [5.74, 6) is 0.832. The largest absolute Gasteiger partial charge is 0.493 e. The quantitative estimate of drug-likeness (QED) is 0.224. The summed E-state index contributed by atoms with van der Waals surface area (Å²) in [6.07, 6.45) is 0.983. The number of nitrogens with zero attached hydrogens (tertiary/aromatic N) is 2. The van der Waals surface area contributed by atoms with Crippen molar-refractivity contribution >= 4 is 38.9 Å². The molecule has 3 aromatic carbocycles. The highest BCUT2D eigenvalue weighted by atomic mass is 35.5. The van der Waals surface area contributed by atoms with Gasteiger partial charge in [0, 0.05) is 17.7 Å². The van der Waals surface area contributed by atoms with E-state index in [0.717, 1.165) is 16.6 Å². The molecule has 1 amide bonds. The average Bonchev–Trinajstić information content (AvgIpc) is 2.85. The van der Waals surface area contributed by atoms with Gasteiger partial charge in [-0.3, -0.25) is 19.2 Å². The van der Waals surface area contributed by atoms with Gasteiger partial charge < -0.3 is 14.8 Å². The summed E-state index contributed by atoms with van der Waals surface area (Å²) in [5.41, 5.74) is 0.629. The number of para-hydroxylation sites is 2. The molecule has 10 nitrogen and oxygen atoms in total. The maximum Gasteiger partial charge on any atom is 0.271 e. The minimum atomic E-state index is -3.83. The fourth-order valence-electron chi connectivity index (χ4n) is 3.28. The summed E-state index contributed by atoms with van der Waals surface area (Å²) in [4.78, 5) is 23.0. The SMILES string of the molecule is COc1ccccc1OCCNC(=O)c1ccc(CN(c2cc([N+](=O)[O-])ccc2Cl)S(C)(=O)=O)cc1. The van der Waals surface area contributed by atoms with Crippen LogP contribution in [0.3, 0.4) is 0 Å². The number of rotatable bonds is 11. The Bertz CT molecular complexity index is 1350. The van der Waals surface area contributed by atoms with Crippen molar-refractivity contribution in [1.29, 1.82) is 0 Å². The molecule has 0 aromatic heterocycles. The number of carbonyl (C=O) groups is 1. The maximum absolute atomic E-state index is 12.5. The molecule has 36 heavy (non-hydrogen) atoms. The number of nitrogens with one attached hydrogen (secondary N) is 1. The molecular weight excluding hydrogens is 510 g/mol. The van der Waals surface area contributed by atoms with E-state index in [1.807, 2.05) is 12.1 Å². The fourth-order valence-corrected chi connectivity index (χ4v) is 4.44. The number of sulfonamides is 1. The topological polar surface area (TPSA) is 128 Å². The lowest BCUT2D eigenvalue weighted by atomic mass is 10.1. The second-order valence-corrected chi connectivity index (χ2v) is 9.93. The molecular formula is C24H24ClN3O7S. The number of halogens is 1. The number of non-ortho nitro benzene ring substituents is 1. The van der Waals surface area contributed by atoms with Gasteiger partial charge in [-0.1, -0.05) is 35.9 Å². The van der Waals surface area contributed by atoms with Crippen molar-refractivity contribution in [2.75, 3.05) is 30.8 Å². The molecule has 0 aliphatic carbocycles. The van der Waals surface area contributed by atoms with Crippen LogP contribution in [0.15, 0.2) is 66.7 Å². The maximum atomic E-state index is 12.5. The van der Waals surface area contributed by atoms with Crippen molar-refractivity contribution in [1.82, 2.24) is 5.32 Å². The van der Waals surface area contributed by atoms with Crippen molar-refractivity contribution in [2.24, 2.45) is 0 Å². The number of methoxy groups -OCH3 is 1. The molecule has 0 saturated carbocycles. The lowest BCUT2D eigenvalue weighted by molar-refractivity contribution is -0.384. The smallest absolute Gasteiger partial charge is 0.271 e. The van der Waals surface area contributed by atoms with Gasteiger partial charge in [-0.05, 0) is 35.9 Å². The lowest BCUT2D eigenvalue weighted by Gasteiger charge is -2.23. The number of hydrogen-bond acceptors (Lipinski definition) is 7. The van der Waals surface area contributed by atoms with Gasteiger partial charge in [0.1, 0.15) is 6.61 Å². The Morgan fingerprint density at radius 1 is 1.08 bits per heavy atom. The van der Waals surface area contributed by atoms with Crippen molar-refractivity contribution in [3.63, 3.8) is 0 Å². The van der Waals surface area contributed by atoms with E-state index in [2.05, 4.69) is 5.32 Å². The number of carbonyl (C=O) groups excluding carboxylic acids is 1. The number of amides is 1. The molecule has 1 N–H and O–H groups in total. The van der Waals surface area contributed by atoms with Crippen LogP contribution < -0.4 is 19.1 Å². The highest BCUT2D eigenvalue weighted by molar-refractivity contribution is 7.92. The van der Waals surface area contributed by atoms with Gasteiger partial charge in [-0.15, -0.1) is 0 Å². The zero-order valence-corrected chi connectivity index (χ0v) is 21.1. The van der Waals surface area contributed by atoms with E-state index in [9.17, 15) is 23.3 Å². The van der Waals surface area contributed by atoms with Crippen molar-refractivity contribution in [3.8, 4) is 11.5 Å². The molecule has 12 heteroatoms. The number of hydrogen-bond donors (Lipinski definition) is 1. The minimum Gasteiger partial charge on any atom is -0.493 e. The molecule has 190 valence electrons. The molecule has 3 aromatic rings. The number of nitro groups is 1. The molecule has 0 saturated heterocycles. The molecule has 0 bridgehead atoms. The third-order valence-electron chi connectivity index (χ3n) is 5.07. The van der Waals surface area contributed by atoms with Gasteiger partial charge in [-0.2, -0.15) is 0 Å². The van der Waals surface area contributed by atoms with Gasteiger partial charge in [0.2, 0.25) is 10.0 Å². The van der Waals surface area contributed by atoms with E-state index in [4.69, 9.17) is 21.1 Å². The van der Waals surface area contributed by atoms with E-state index in [-0.39, 0.29) is 42.0 Å². The highest BCUT2D eigenvalue weighted by Gasteiger charge is 2.23. The van der Waals surface area contributed by atoms with E-state index >= 15 is 0 Å². The third kappa shape index (κ3) is 6.86. The predicted molar refractivity (Wildman–Crippen MR) is 136 cm³/mol. The Morgan fingerprint density at radius 2 is 1.75 bits per heavy atom. The van der Waals surface area contributed by atoms with Gasteiger partial charge >= 0.3 is 0 Å². The zero-order chi connectivity index (χ0) is 26.3. The van der Waals surface area contributed by atoms with E-state index in [1.165, 1.54) is 12.1 Å².